The van der Waals surface area contributed by atoms with Crippen molar-refractivity contribution in [1.82, 2.24) is 10.2 Å². The summed E-state index contributed by atoms with van der Waals surface area (Å²) < 4.78 is 5.42. The van der Waals surface area contributed by atoms with Gasteiger partial charge in [0.25, 0.3) is 5.91 Å². The van der Waals surface area contributed by atoms with Gasteiger partial charge in [-0.3, -0.25) is 14.4 Å². The minimum atomic E-state index is -0.886. The molecule has 1 saturated heterocycles. The fraction of sp³-hybridized carbons (Fsp3) is 0.400. The number of likely N-dealkylation sites (N-methyl/N-ethyl adjacent to an activating group) is 1. The molecule has 1 fully saturated rings. The van der Waals surface area contributed by atoms with Gasteiger partial charge in [-0.15, -0.1) is 0 Å². The Morgan fingerprint density at radius 2 is 2.09 bits per heavy atom. The van der Waals surface area contributed by atoms with E-state index in [9.17, 15) is 14.4 Å². The second-order valence-electron chi connectivity index (χ2n) is 5.22. The van der Waals surface area contributed by atoms with Crippen molar-refractivity contribution in [3.05, 3.63) is 35.4 Å². The van der Waals surface area contributed by atoms with Gasteiger partial charge in [0, 0.05) is 7.05 Å². The van der Waals surface area contributed by atoms with Crippen molar-refractivity contribution in [3.8, 4) is 0 Å². The van der Waals surface area contributed by atoms with Crippen LogP contribution in [0.5, 0.6) is 0 Å². The smallest absolute Gasteiger partial charge is 0.252 e. The maximum Gasteiger partial charge on any atom is 0.252 e. The summed E-state index contributed by atoms with van der Waals surface area (Å²) >= 11 is 0. The number of nitrogens with one attached hydrogen (secondary N) is 1. The molecule has 2 rings (SSSR count). The van der Waals surface area contributed by atoms with Gasteiger partial charge in [-0.2, -0.15) is 0 Å². The highest BCUT2D eigenvalue weighted by molar-refractivity contribution is 5.89. The average Bonchev–Trinajstić information content (AvgIpc) is 2.48. The number of aryl methyl sites for hydroxylation is 1. The van der Waals surface area contributed by atoms with Crippen LogP contribution in [0.2, 0.25) is 0 Å². The van der Waals surface area contributed by atoms with Gasteiger partial charge in [-0.25, -0.2) is 0 Å². The van der Waals surface area contributed by atoms with E-state index in [0.717, 1.165) is 11.1 Å². The minimum absolute atomic E-state index is 0.173. The molecule has 3 amide bonds. The first-order chi connectivity index (χ1) is 10.4. The van der Waals surface area contributed by atoms with Gasteiger partial charge in [0.05, 0.1) is 12.6 Å². The maximum atomic E-state index is 12.3. The molecule has 1 heterocycles. The first kappa shape index (κ1) is 16.0. The van der Waals surface area contributed by atoms with E-state index < -0.39 is 24.0 Å². The van der Waals surface area contributed by atoms with Gasteiger partial charge >= 0.3 is 0 Å². The Kier molecular flexibility index (Phi) is 4.77. The average molecular weight is 305 g/mol. The molecule has 1 aliphatic rings. The number of primary amides is 1. The van der Waals surface area contributed by atoms with Crippen LogP contribution in [-0.2, 0) is 19.1 Å². The number of benzene rings is 1. The van der Waals surface area contributed by atoms with Gasteiger partial charge in [0.2, 0.25) is 11.8 Å². The lowest BCUT2D eigenvalue weighted by atomic mass is 9.94. The molecule has 3 N–H and O–H groups in total. The Hall–Kier alpha value is -2.41. The van der Waals surface area contributed by atoms with Crippen LogP contribution in [0, 0.1) is 6.92 Å². The number of carbonyl (C=O) groups excluding carboxylic acids is 3. The molecule has 118 valence electrons. The van der Waals surface area contributed by atoms with Crippen molar-refractivity contribution in [1.29, 1.82) is 0 Å². The lowest BCUT2D eigenvalue weighted by Crippen LogP contribution is -2.53. The van der Waals surface area contributed by atoms with E-state index in [4.69, 9.17) is 10.5 Å². The maximum absolute atomic E-state index is 12.3. The second-order valence-corrected chi connectivity index (χ2v) is 5.22. The molecular weight excluding hydrogens is 286 g/mol. The number of rotatable bonds is 4. The highest BCUT2D eigenvalue weighted by Gasteiger charge is 2.40. The van der Waals surface area contributed by atoms with Crippen molar-refractivity contribution in [2.24, 2.45) is 5.73 Å². The van der Waals surface area contributed by atoms with Crippen LogP contribution in [0.3, 0.4) is 0 Å². The first-order valence-electron chi connectivity index (χ1n) is 6.90. The fourth-order valence-electron chi connectivity index (χ4n) is 2.50. The zero-order chi connectivity index (χ0) is 16.3. The van der Waals surface area contributed by atoms with Crippen LogP contribution in [0.25, 0.3) is 0 Å². The molecule has 0 aromatic heterocycles. The number of ether oxygens (including phenoxy) is 1. The van der Waals surface area contributed by atoms with Crippen molar-refractivity contribution in [3.63, 3.8) is 0 Å². The molecule has 1 aromatic carbocycles. The van der Waals surface area contributed by atoms with E-state index in [2.05, 4.69) is 5.32 Å². The zero-order valence-corrected chi connectivity index (χ0v) is 12.5. The predicted molar refractivity (Wildman–Crippen MR) is 78.6 cm³/mol. The van der Waals surface area contributed by atoms with Crippen LogP contribution in [0.4, 0.5) is 0 Å². The van der Waals surface area contributed by atoms with E-state index in [1.807, 2.05) is 31.2 Å². The monoisotopic (exact) mass is 305 g/mol. The molecule has 0 unspecified atom stereocenters. The molecule has 0 radical (unpaired) electrons. The molecule has 0 aliphatic carbocycles. The quantitative estimate of drug-likeness (QED) is 0.782. The number of amides is 3. The highest BCUT2D eigenvalue weighted by atomic mass is 16.5. The van der Waals surface area contributed by atoms with Gasteiger partial charge in [0.1, 0.15) is 6.61 Å². The minimum Gasteiger partial charge on any atom is -0.368 e. The largest absolute Gasteiger partial charge is 0.368 e. The third-order valence-corrected chi connectivity index (χ3v) is 3.69. The second kappa shape index (κ2) is 6.57. The normalized spacial score (nSPS) is 21.5. The molecule has 1 aliphatic heterocycles. The lowest BCUT2D eigenvalue weighted by molar-refractivity contribution is -0.162. The number of hydrogen-bond donors (Lipinski definition) is 2. The Morgan fingerprint density at radius 1 is 1.41 bits per heavy atom. The van der Waals surface area contributed by atoms with Gasteiger partial charge in [0.15, 0.2) is 6.10 Å². The van der Waals surface area contributed by atoms with Crippen LogP contribution in [-0.4, -0.2) is 48.9 Å². The molecular formula is C15H19N3O4. The molecule has 0 bridgehead atoms. The number of hydrogen-bond acceptors (Lipinski definition) is 4. The van der Waals surface area contributed by atoms with Crippen LogP contribution < -0.4 is 11.1 Å². The number of nitrogens with zero attached hydrogens (tertiary/aromatic N) is 1. The summed E-state index contributed by atoms with van der Waals surface area (Å²) in [5.41, 5.74) is 6.81. The molecule has 2 atom stereocenters. The lowest BCUT2D eigenvalue weighted by Gasteiger charge is -2.38. The van der Waals surface area contributed by atoms with Crippen molar-refractivity contribution in [2.75, 3.05) is 20.2 Å². The van der Waals surface area contributed by atoms with Crippen molar-refractivity contribution < 1.29 is 19.1 Å². The number of nitrogens with two attached hydrogens (primary N) is 1. The predicted octanol–water partition coefficient (Wildman–Crippen LogP) is -0.505. The SMILES string of the molecule is Cc1ccccc1[C@@H]1[C@@H](C(=O)NCC(N)=O)OCC(=O)N1C. The zero-order valence-electron chi connectivity index (χ0n) is 12.5. The van der Waals surface area contributed by atoms with E-state index in [-0.39, 0.29) is 19.1 Å². The van der Waals surface area contributed by atoms with E-state index in [0.29, 0.717) is 0 Å². The van der Waals surface area contributed by atoms with Gasteiger partial charge in [-0.05, 0) is 18.1 Å². The Morgan fingerprint density at radius 3 is 2.73 bits per heavy atom. The molecule has 22 heavy (non-hydrogen) atoms. The Bertz CT molecular complexity index is 602. The Balaban J connectivity index is 2.30. The molecule has 0 spiro atoms. The molecule has 1 aromatic rings. The van der Waals surface area contributed by atoms with Crippen LogP contribution in [0.1, 0.15) is 17.2 Å². The summed E-state index contributed by atoms with van der Waals surface area (Å²) in [7, 11) is 1.64. The van der Waals surface area contributed by atoms with Crippen LogP contribution >= 0.6 is 0 Å². The summed E-state index contributed by atoms with van der Waals surface area (Å²) in [5, 5.41) is 2.43. The summed E-state index contributed by atoms with van der Waals surface area (Å²) in [6.07, 6.45) is -0.886. The van der Waals surface area contributed by atoms with E-state index in [1.165, 1.54) is 4.90 Å². The van der Waals surface area contributed by atoms with Gasteiger partial charge in [-0.1, -0.05) is 24.3 Å². The van der Waals surface area contributed by atoms with E-state index >= 15 is 0 Å². The topological polar surface area (TPSA) is 102 Å². The Labute approximate surface area is 128 Å². The van der Waals surface area contributed by atoms with E-state index in [1.54, 1.807) is 7.05 Å². The third-order valence-electron chi connectivity index (χ3n) is 3.69. The highest BCUT2D eigenvalue weighted by Crippen LogP contribution is 2.31. The van der Waals surface area contributed by atoms with Gasteiger partial charge < -0.3 is 20.7 Å². The third kappa shape index (κ3) is 3.25. The first-order valence-corrected chi connectivity index (χ1v) is 6.90. The number of carbonyl (C=O) groups is 3. The fourth-order valence-corrected chi connectivity index (χ4v) is 2.50. The summed E-state index contributed by atoms with van der Waals surface area (Å²) in [4.78, 5) is 36.5. The van der Waals surface area contributed by atoms with Crippen molar-refractivity contribution in [2.45, 2.75) is 19.1 Å². The molecule has 0 saturated carbocycles. The summed E-state index contributed by atoms with van der Waals surface area (Å²) in [6.45, 7) is 1.46. The van der Waals surface area contributed by atoms with Crippen molar-refractivity contribution >= 4 is 17.7 Å². The number of morpholine rings is 1. The standard InChI is InChI=1S/C15H19N3O4/c1-9-5-3-4-6-10(9)13-14(15(21)17-7-11(16)19)22-8-12(20)18(13)2/h3-6,13-14H,7-8H2,1-2H3,(H2,16,19)(H,17,21)/t13-,14+/m1/s1. The molecule has 7 nitrogen and oxygen atoms in total. The van der Waals surface area contributed by atoms with Crippen LogP contribution in [0.15, 0.2) is 24.3 Å². The summed E-state index contributed by atoms with van der Waals surface area (Å²) in [6, 6.07) is 6.93. The summed E-state index contributed by atoms with van der Waals surface area (Å²) in [5.74, 6) is -1.31. The molecule has 7 heteroatoms.